The Labute approximate surface area is 332 Å². The van der Waals surface area contributed by atoms with Gasteiger partial charge in [-0.1, -0.05) is 134 Å². The molecule has 10 aromatic rings. The number of phenolic OH excluding ortho intramolecular Hbond substituents is 1. The van der Waals surface area contributed by atoms with Crippen LogP contribution in [0.2, 0.25) is 0 Å². The summed E-state index contributed by atoms with van der Waals surface area (Å²) in [4.78, 5) is 10.4. The van der Waals surface area contributed by atoms with Crippen molar-refractivity contribution < 1.29 is 30.6 Å². The molecule has 5 nitrogen and oxygen atoms in total. The number of phenols is 1. The molecule has 0 unspecified atom stereocenters. The molecule has 0 fully saturated rings. The van der Waals surface area contributed by atoms with Gasteiger partial charge >= 0.3 is 0 Å². The van der Waals surface area contributed by atoms with Crippen molar-refractivity contribution >= 4 is 43.7 Å². The van der Waals surface area contributed by atoms with Gasteiger partial charge in [-0.2, -0.15) is 0 Å². The van der Waals surface area contributed by atoms with Gasteiger partial charge in [0.25, 0.3) is 0 Å². The molecule has 0 aliphatic heterocycles. The molecule has 0 aliphatic carbocycles. The normalized spacial score (nSPS) is 11.7. The van der Waals surface area contributed by atoms with Gasteiger partial charge in [-0.15, -0.1) is 29.3 Å². The van der Waals surface area contributed by atoms with Crippen LogP contribution in [0.1, 0.15) is 25.0 Å². The van der Waals surface area contributed by atoms with Gasteiger partial charge in [0.2, 0.25) is 0 Å². The molecule has 1 N–H and O–H groups in total. The Bertz CT molecular complexity index is 3040. The number of pyridine rings is 1. The van der Waals surface area contributed by atoms with Crippen molar-refractivity contribution in [2.45, 2.75) is 19.3 Å². The molecule has 0 radical (unpaired) electrons. The summed E-state index contributed by atoms with van der Waals surface area (Å²) in [7, 11) is 0. The molecule has 3 aromatic heterocycles. The molecule has 0 saturated heterocycles. The van der Waals surface area contributed by atoms with Gasteiger partial charge in [0.15, 0.2) is 0 Å². The minimum atomic E-state index is -0.360. The van der Waals surface area contributed by atoms with E-state index in [1.54, 1.807) is 6.07 Å². The molecule has 10 rings (SSSR count). The zero-order chi connectivity index (χ0) is 36.4. The van der Waals surface area contributed by atoms with Crippen LogP contribution in [-0.2, 0) is 26.5 Å². The summed E-state index contributed by atoms with van der Waals surface area (Å²) < 4.78 is 8.71. The van der Waals surface area contributed by atoms with Crippen molar-refractivity contribution in [3.05, 3.63) is 181 Å². The van der Waals surface area contributed by atoms with Gasteiger partial charge in [-0.25, -0.2) is 4.98 Å². The van der Waals surface area contributed by atoms with Gasteiger partial charge in [-0.05, 0) is 47.3 Å². The number of para-hydroxylation sites is 3. The second-order valence-corrected chi connectivity index (χ2v) is 14.3. The predicted molar refractivity (Wildman–Crippen MR) is 219 cm³/mol. The van der Waals surface area contributed by atoms with Crippen molar-refractivity contribution in [3.8, 4) is 45.2 Å². The molecule has 55 heavy (non-hydrogen) atoms. The van der Waals surface area contributed by atoms with Crippen LogP contribution in [0.25, 0.3) is 83.2 Å². The summed E-state index contributed by atoms with van der Waals surface area (Å²) in [5, 5.41) is 15.3. The Kier molecular flexibility index (Phi) is 8.48. The molecule has 268 valence electrons. The third-order valence-electron chi connectivity index (χ3n) is 10.7. The van der Waals surface area contributed by atoms with E-state index in [0.717, 1.165) is 77.4 Å². The summed E-state index contributed by atoms with van der Waals surface area (Å²) in [6.45, 7) is 4.53. The smallest absolute Gasteiger partial charge is 0.148 e. The van der Waals surface area contributed by atoms with Crippen molar-refractivity contribution in [1.29, 1.82) is 0 Å². The average Bonchev–Trinajstić information content (AvgIpc) is 3.81. The molecule has 7 aromatic carbocycles. The molecular weight excluding hydrogens is 858 g/mol. The van der Waals surface area contributed by atoms with E-state index in [1.165, 1.54) is 5.56 Å². The van der Waals surface area contributed by atoms with Crippen LogP contribution < -0.4 is 0 Å². The number of furan rings is 1. The molecule has 0 spiro atoms. The van der Waals surface area contributed by atoms with Crippen LogP contribution in [-0.4, -0.2) is 19.6 Å². The minimum Gasteiger partial charge on any atom is -0.507 e. The Morgan fingerprint density at radius 3 is 2.18 bits per heavy atom. The molecule has 6 heteroatoms. The Balaban J connectivity index is 0.00000397. The quantitative estimate of drug-likeness (QED) is 0.169. The summed E-state index contributed by atoms with van der Waals surface area (Å²) in [6, 6.07) is 57.3. The number of benzene rings is 7. The molecule has 0 aliphatic rings. The zero-order valence-corrected chi connectivity index (χ0v) is 32.4. The number of rotatable bonds is 6. The Morgan fingerprint density at radius 2 is 1.36 bits per heavy atom. The van der Waals surface area contributed by atoms with Gasteiger partial charge in [0.05, 0.1) is 16.6 Å². The fourth-order valence-electron chi connectivity index (χ4n) is 7.88. The first-order chi connectivity index (χ1) is 26.5. The van der Waals surface area contributed by atoms with E-state index in [2.05, 4.69) is 128 Å². The fourth-order valence-corrected chi connectivity index (χ4v) is 7.88. The molecule has 0 amide bonds. The van der Waals surface area contributed by atoms with E-state index < -0.39 is 0 Å². The number of aromatic nitrogens is 3. The summed E-state index contributed by atoms with van der Waals surface area (Å²) in [5.41, 5.74) is 10.4. The molecule has 3 heterocycles. The van der Waals surface area contributed by atoms with Crippen LogP contribution in [0, 0.1) is 6.07 Å². The van der Waals surface area contributed by atoms with E-state index in [4.69, 9.17) is 14.4 Å². The fraction of sp³-hybridized carbons (Fsp3) is 0.0612. The number of aromatic hydroxyl groups is 1. The second kappa shape index (κ2) is 13.5. The number of hydrogen-bond acceptors (Lipinski definition) is 4. The first-order valence-corrected chi connectivity index (χ1v) is 18.1. The number of hydrogen-bond donors (Lipinski definition) is 1. The van der Waals surface area contributed by atoms with E-state index >= 15 is 0 Å². The van der Waals surface area contributed by atoms with Crippen LogP contribution in [0.4, 0.5) is 0 Å². The van der Waals surface area contributed by atoms with E-state index in [9.17, 15) is 5.11 Å². The number of imidazole rings is 1. The Morgan fingerprint density at radius 1 is 0.655 bits per heavy atom. The van der Waals surface area contributed by atoms with Crippen molar-refractivity contribution in [2.24, 2.45) is 0 Å². The SMILES string of the molecule is CC(C)(c1ccccc1)c1cc(-c2cccc3c2nc(-c2ccccc2O)n3-c2ccccc2)[c-]c(-c2nccc3oc4c5ccccc5ccc4c23)c1.[Pt]. The number of fused-ring (bicyclic) bond motifs is 6. The van der Waals surface area contributed by atoms with Gasteiger partial charge in [0, 0.05) is 60.2 Å². The van der Waals surface area contributed by atoms with Crippen molar-refractivity contribution in [2.75, 3.05) is 0 Å². The third kappa shape index (κ3) is 5.66. The van der Waals surface area contributed by atoms with E-state index in [1.807, 2.05) is 54.7 Å². The molecule has 0 saturated carbocycles. The van der Waals surface area contributed by atoms with Crippen LogP contribution in [0.5, 0.6) is 5.75 Å². The largest absolute Gasteiger partial charge is 0.507 e. The summed E-state index contributed by atoms with van der Waals surface area (Å²) in [6.07, 6.45) is 1.83. The van der Waals surface area contributed by atoms with Crippen molar-refractivity contribution in [3.63, 3.8) is 0 Å². The zero-order valence-electron chi connectivity index (χ0n) is 30.1. The first kappa shape index (κ1) is 34.5. The predicted octanol–water partition coefficient (Wildman–Crippen LogP) is 12.3. The van der Waals surface area contributed by atoms with Crippen LogP contribution in [0.15, 0.2) is 168 Å². The van der Waals surface area contributed by atoms with Crippen molar-refractivity contribution in [1.82, 2.24) is 14.5 Å². The standard InChI is InChI=1S/C49H34N3O2.Pt/c1-49(2,34-15-5-3-6-16-34)35-29-32(28-33(30-35)45-44-40-25-24-31-14-9-10-19-38(31)47(40)54-43(44)26-27-50-45)37-21-13-22-41-46(37)51-48(39-20-11-12-23-42(39)53)52(41)36-17-7-4-8-18-36;/h3-27,29-30,53H,1-2H3;/q-1;. The second-order valence-electron chi connectivity index (χ2n) is 14.3. The van der Waals surface area contributed by atoms with Crippen LogP contribution in [0.3, 0.4) is 0 Å². The Hall–Kier alpha value is -6.29. The van der Waals surface area contributed by atoms with E-state index in [0.29, 0.717) is 11.4 Å². The van der Waals surface area contributed by atoms with Gasteiger partial charge < -0.3 is 9.52 Å². The molecular formula is C49H34N3O2Pt-. The third-order valence-corrected chi connectivity index (χ3v) is 10.7. The maximum atomic E-state index is 11.1. The maximum absolute atomic E-state index is 11.1. The van der Waals surface area contributed by atoms with E-state index in [-0.39, 0.29) is 32.2 Å². The van der Waals surface area contributed by atoms with Gasteiger partial charge in [-0.3, -0.25) is 9.55 Å². The minimum absolute atomic E-state index is 0. The molecule has 0 bridgehead atoms. The summed E-state index contributed by atoms with van der Waals surface area (Å²) >= 11 is 0. The molecule has 0 atom stereocenters. The van der Waals surface area contributed by atoms with Crippen LogP contribution >= 0.6 is 0 Å². The topological polar surface area (TPSA) is 64.1 Å². The first-order valence-electron chi connectivity index (χ1n) is 18.1. The monoisotopic (exact) mass is 891 g/mol. The van der Waals surface area contributed by atoms with Gasteiger partial charge in [0.1, 0.15) is 22.7 Å². The summed E-state index contributed by atoms with van der Waals surface area (Å²) in [5.74, 6) is 0.831. The average molecular weight is 892 g/mol. The number of nitrogens with zero attached hydrogens (tertiary/aromatic N) is 3. The maximum Gasteiger partial charge on any atom is 0.148 e.